The molecule has 2 aliphatic heterocycles. The molecule has 6 aliphatic rings. The van der Waals surface area contributed by atoms with Gasteiger partial charge in [-0.15, -0.1) is 6.58 Å². The summed E-state index contributed by atoms with van der Waals surface area (Å²) in [6, 6.07) is 11.5. The third-order valence-corrected chi connectivity index (χ3v) is 15.7. The molecule has 1 N–H and O–H groups in total. The molecule has 0 radical (unpaired) electrons. The van der Waals surface area contributed by atoms with Gasteiger partial charge in [0.25, 0.3) is 5.56 Å². The molecule has 4 bridgehead atoms. The minimum atomic E-state index is -4.00. The molecule has 1 aromatic carbocycles. The number of allylic oxidation sites excluding steroid dienone is 1. The zero-order valence-electron chi connectivity index (χ0n) is 33.1. The molecule has 4 fully saturated rings. The molecule has 0 amide bonds. The van der Waals surface area contributed by atoms with E-state index in [-0.39, 0.29) is 53.8 Å². The molecule has 4 heterocycles. The fourth-order valence-corrected chi connectivity index (χ4v) is 12.5. The summed E-state index contributed by atoms with van der Waals surface area (Å²) in [6.07, 6.45) is 13.6. The van der Waals surface area contributed by atoms with Crippen LogP contribution >= 0.6 is 7.75 Å². The van der Waals surface area contributed by atoms with Crippen LogP contribution in [0.4, 0.5) is 0 Å². The number of benzene rings is 1. The van der Waals surface area contributed by atoms with E-state index in [4.69, 9.17) is 23.5 Å². The summed E-state index contributed by atoms with van der Waals surface area (Å²) < 4.78 is 40.0. The van der Waals surface area contributed by atoms with Crippen molar-refractivity contribution in [2.24, 2.45) is 28.6 Å². The second-order valence-corrected chi connectivity index (χ2v) is 19.2. The summed E-state index contributed by atoms with van der Waals surface area (Å²) in [5.41, 5.74) is 1.36. The highest BCUT2D eigenvalue weighted by Gasteiger charge is 2.52. The van der Waals surface area contributed by atoms with Gasteiger partial charge in [0.05, 0.1) is 42.2 Å². The lowest BCUT2D eigenvalue weighted by Crippen LogP contribution is -2.48. The molecule has 300 valence electrons. The van der Waals surface area contributed by atoms with Gasteiger partial charge in [0, 0.05) is 16.5 Å². The van der Waals surface area contributed by atoms with Crippen molar-refractivity contribution >= 4 is 30.6 Å². The Balaban J connectivity index is 1.01. The van der Waals surface area contributed by atoms with Gasteiger partial charge in [-0.3, -0.25) is 18.6 Å². The summed E-state index contributed by atoms with van der Waals surface area (Å²) in [5.74, 6) is 0.731. The van der Waals surface area contributed by atoms with Crippen molar-refractivity contribution in [3.8, 4) is 11.4 Å². The van der Waals surface area contributed by atoms with E-state index in [1.165, 1.54) is 38.5 Å². The van der Waals surface area contributed by atoms with E-state index < -0.39 is 31.8 Å². The summed E-state index contributed by atoms with van der Waals surface area (Å²) in [4.78, 5) is 46.4. The summed E-state index contributed by atoms with van der Waals surface area (Å²) in [6.45, 7) is 9.91. The van der Waals surface area contributed by atoms with Crippen LogP contribution in [-0.4, -0.2) is 41.2 Å². The van der Waals surface area contributed by atoms with Crippen LogP contribution in [0.1, 0.15) is 115 Å². The molecule has 1 unspecified atom stereocenters. The van der Waals surface area contributed by atoms with E-state index in [1.54, 1.807) is 17.6 Å². The van der Waals surface area contributed by atoms with Gasteiger partial charge in [-0.25, -0.2) is 19.4 Å². The van der Waals surface area contributed by atoms with E-state index in [0.29, 0.717) is 24.4 Å². The number of carbonyl (C=O) groups excluding carboxylic acids is 2. The Hall–Kier alpha value is -3.63. The van der Waals surface area contributed by atoms with Gasteiger partial charge in [-0.1, -0.05) is 57.9 Å². The van der Waals surface area contributed by atoms with Crippen LogP contribution < -0.4 is 10.6 Å². The number of rotatable bonds is 17. The monoisotopic (exact) mass is 785 g/mol. The number of nitrogens with zero attached hydrogens (tertiary/aromatic N) is 2. The number of para-hydroxylation sites is 1. The number of nitrogens with one attached hydrogen (secondary N) is 1. The molecule has 9 rings (SSSR count). The van der Waals surface area contributed by atoms with Gasteiger partial charge in [0.1, 0.15) is 13.2 Å². The standard InChI is InChI=1S/C44H56N3O8P/c1-5-13-42(6-2,7-3)14-16-53-56(51,54-17-15-43-23-29-18-30(24-43)20-31(19-29)25-43)45-26-38(48)55-44(8-4)35-22-37-39-33(21-32-11-9-10-12-36(32)46-39)27-47(37)40(49)34(35)28-52-41(44)50/h5,9-12,21-22,29-31H,1,6-8,13-20,23-28H2,2-4H3,(H,45,51)/t29?,30?,31?,43?,44-,56?/m0/s1. The van der Waals surface area contributed by atoms with Crippen LogP contribution in [0, 0.1) is 28.6 Å². The van der Waals surface area contributed by atoms with Crippen LogP contribution in [0.15, 0.2) is 53.8 Å². The maximum absolute atomic E-state index is 14.5. The smallest absolute Gasteiger partial charge is 0.406 e. The van der Waals surface area contributed by atoms with E-state index in [1.807, 2.05) is 36.4 Å². The van der Waals surface area contributed by atoms with E-state index in [0.717, 1.165) is 59.9 Å². The van der Waals surface area contributed by atoms with Crippen LogP contribution in [-0.2, 0) is 51.4 Å². The van der Waals surface area contributed by atoms with Crippen LogP contribution in [0.5, 0.6) is 0 Å². The fraction of sp³-hybridized carbons (Fsp3) is 0.591. The van der Waals surface area contributed by atoms with Gasteiger partial charge < -0.3 is 14.0 Å². The summed E-state index contributed by atoms with van der Waals surface area (Å²) in [5, 5.41) is 3.76. The first-order chi connectivity index (χ1) is 27.0. The lowest BCUT2D eigenvalue weighted by molar-refractivity contribution is -0.188. The molecule has 3 aromatic rings. The molecule has 11 nitrogen and oxygen atoms in total. The van der Waals surface area contributed by atoms with Crippen molar-refractivity contribution < 1.29 is 32.7 Å². The van der Waals surface area contributed by atoms with Gasteiger partial charge >= 0.3 is 19.7 Å². The molecule has 4 aliphatic carbocycles. The minimum absolute atomic E-state index is 0.0145. The van der Waals surface area contributed by atoms with Crippen molar-refractivity contribution in [1.82, 2.24) is 14.6 Å². The average molecular weight is 786 g/mol. The Kier molecular flexibility index (Phi) is 10.7. The topological polar surface area (TPSA) is 135 Å². The SMILES string of the molecule is C=CCC(CC)(CC)CCOP(=O)(NCC(=O)O[C@]1(CC)C(=O)OCc2c1cc1n(c2=O)Cc2cc3ccccc3nc2-1)OCCC12CC3CC(CC(C3)C1)C2. The first kappa shape index (κ1) is 39.2. The van der Waals surface area contributed by atoms with E-state index in [9.17, 15) is 18.9 Å². The molecule has 2 atom stereocenters. The lowest BCUT2D eigenvalue weighted by Gasteiger charge is -2.57. The molecule has 2 aromatic heterocycles. The van der Waals surface area contributed by atoms with Gasteiger partial charge in [-0.05, 0) is 111 Å². The zero-order valence-corrected chi connectivity index (χ0v) is 34.0. The fourth-order valence-electron chi connectivity index (χ4n) is 11.3. The van der Waals surface area contributed by atoms with Gasteiger partial charge in [-0.2, -0.15) is 0 Å². The lowest BCUT2D eigenvalue weighted by atomic mass is 9.49. The highest BCUT2D eigenvalue weighted by atomic mass is 31.2. The number of pyridine rings is 2. The third-order valence-electron chi connectivity index (χ3n) is 14.1. The van der Waals surface area contributed by atoms with Crippen LogP contribution in [0.2, 0.25) is 0 Å². The zero-order chi connectivity index (χ0) is 39.3. The van der Waals surface area contributed by atoms with Crippen molar-refractivity contribution in [3.05, 3.63) is 76.1 Å². The Morgan fingerprint density at radius 3 is 2.43 bits per heavy atom. The number of carbonyl (C=O) groups is 2. The number of aromatic nitrogens is 2. The number of hydrogen-bond acceptors (Lipinski definition) is 9. The van der Waals surface area contributed by atoms with Crippen molar-refractivity contribution in [3.63, 3.8) is 0 Å². The number of hydrogen-bond donors (Lipinski definition) is 1. The molecule has 0 spiro atoms. The summed E-state index contributed by atoms with van der Waals surface area (Å²) in [7, 11) is -4.00. The second-order valence-electron chi connectivity index (χ2n) is 17.3. The average Bonchev–Trinajstić information content (AvgIpc) is 3.54. The Labute approximate surface area is 329 Å². The second kappa shape index (κ2) is 15.3. The number of ether oxygens (including phenoxy) is 2. The van der Waals surface area contributed by atoms with Crippen molar-refractivity contribution in [2.75, 3.05) is 19.8 Å². The Bertz CT molecular complexity index is 2110. The number of fused-ring (bicyclic) bond motifs is 5. The number of cyclic esters (lactones) is 1. The maximum atomic E-state index is 14.5. The Morgan fingerprint density at radius 1 is 1.05 bits per heavy atom. The molecule has 56 heavy (non-hydrogen) atoms. The molecular formula is C44H56N3O8P. The molecular weight excluding hydrogens is 729 g/mol. The van der Waals surface area contributed by atoms with Crippen molar-refractivity contribution in [1.29, 1.82) is 0 Å². The Morgan fingerprint density at radius 2 is 1.75 bits per heavy atom. The van der Waals surface area contributed by atoms with Crippen molar-refractivity contribution in [2.45, 2.75) is 117 Å². The highest BCUT2D eigenvalue weighted by Crippen LogP contribution is 2.61. The summed E-state index contributed by atoms with van der Waals surface area (Å²) >= 11 is 0. The normalized spacial score (nSPS) is 27.0. The van der Waals surface area contributed by atoms with Crippen LogP contribution in [0.25, 0.3) is 22.3 Å². The van der Waals surface area contributed by atoms with E-state index in [2.05, 4.69) is 25.5 Å². The molecule has 4 saturated carbocycles. The third kappa shape index (κ3) is 7.11. The minimum Gasteiger partial charge on any atom is -0.457 e. The first-order valence-corrected chi connectivity index (χ1v) is 22.3. The largest absolute Gasteiger partial charge is 0.457 e. The van der Waals surface area contributed by atoms with Gasteiger partial charge in [0.15, 0.2) is 0 Å². The predicted octanol–water partition coefficient (Wildman–Crippen LogP) is 8.74. The maximum Gasteiger partial charge on any atom is 0.406 e. The predicted molar refractivity (Wildman–Crippen MR) is 214 cm³/mol. The van der Waals surface area contributed by atoms with Gasteiger partial charge in [0.2, 0.25) is 5.60 Å². The quantitative estimate of drug-likeness (QED) is 0.0629. The molecule has 12 heteroatoms. The highest BCUT2D eigenvalue weighted by molar-refractivity contribution is 7.51. The molecule has 0 saturated heterocycles. The first-order valence-electron chi connectivity index (χ1n) is 20.8. The van der Waals surface area contributed by atoms with E-state index >= 15 is 0 Å². The number of esters is 2. The van der Waals surface area contributed by atoms with Crippen LogP contribution in [0.3, 0.4) is 0 Å².